The summed E-state index contributed by atoms with van der Waals surface area (Å²) in [5.41, 5.74) is 1.66. The van der Waals surface area contributed by atoms with Crippen LogP contribution in [0.2, 0.25) is 0 Å². The lowest BCUT2D eigenvalue weighted by Gasteiger charge is -2.22. The van der Waals surface area contributed by atoms with Gasteiger partial charge < -0.3 is 9.32 Å². The topological polar surface area (TPSA) is 33.5 Å². The number of rotatable bonds is 1. The number of carbonyl (C=O) groups excluding carboxylic acids is 1. The van der Waals surface area contributed by atoms with Crippen molar-refractivity contribution in [1.82, 2.24) is 0 Å². The maximum Gasteiger partial charge on any atom is 0.261 e. The number of para-hydroxylation sites is 1. The number of amides is 1. The van der Waals surface area contributed by atoms with Gasteiger partial charge in [0.25, 0.3) is 5.91 Å². The molecule has 0 atom stereocenters. The smallest absolute Gasteiger partial charge is 0.261 e. The van der Waals surface area contributed by atoms with Crippen LogP contribution in [0.5, 0.6) is 0 Å². The molecule has 19 heavy (non-hydrogen) atoms. The van der Waals surface area contributed by atoms with Crippen LogP contribution in [-0.2, 0) is 0 Å². The fraction of sp³-hybridized carbons (Fsp3) is 0.267. The second-order valence-electron chi connectivity index (χ2n) is 4.52. The van der Waals surface area contributed by atoms with Crippen molar-refractivity contribution >= 4 is 23.4 Å². The van der Waals surface area contributed by atoms with E-state index in [1.165, 1.54) is 4.90 Å². The van der Waals surface area contributed by atoms with Gasteiger partial charge in [-0.05, 0) is 37.3 Å². The Kier molecular flexibility index (Phi) is 3.34. The van der Waals surface area contributed by atoms with Gasteiger partial charge in [0, 0.05) is 11.4 Å². The fourth-order valence-electron chi connectivity index (χ4n) is 2.29. The molecule has 0 saturated carbocycles. The Balaban J connectivity index is 2.01. The molecule has 4 heteroatoms. The molecular weight excluding hydrogens is 258 g/mol. The standard InChI is InChI=1S/C15H15NO2S/c1-11-12(7-9-18-11)15(17)16-8-4-10-19-14-6-3-2-5-13(14)16/h2-3,5-7,9H,4,8,10H2,1H3. The Morgan fingerprint density at radius 2 is 2.16 bits per heavy atom. The summed E-state index contributed by atoms with van der Waals surface area (Å²) in [6, 6.07) is 9.84. The van der Waals surface area contributed by atoms with Crippen LogP contribution in [0, 0.1) is 6.92 Å². The third-order valence-corrected chi connectivity index (χ3v) is 4.42. The van der Waals surface area contributed by atoms with Crippen LogP contribution in [0.15, 0.2) is 45.9 Å². The minimum absolute atomic E-state index is 0.0289. The van der Waals surface area contributed by atoms with Gasteiger partial charge in [0.2, 0.25) is 0 Å². The lowest BCUT2D eigenvalue weighted by molar-refractivity contribution is 0.0985. The Morgan fingerprint density at radius 1 is 1.32 bits per heavy atom. The van der Waals surface area contributed by atoms with Gasteiger partial charge in [-0.2, -0.15) is 0 Å². The summed E-state index contributed by atoms with van der Waals surface area (Å²) in [6.07, 6.45) is 2.57. The second kappa shape index (κ2) is 5.13. The minimum atomic E-state index is 0.0289. The van der Waals surface area contributed by atoms with Crippen LogP contribution in [0.4, 0.5) is 5.69 Å². The molecule has 0 fully saturated rings. The number of anilines is 1. The summed E-state index contributed by atoms with van der Waals surface area (Å²) >= 11 is 1.81. The molecule has 3 rings (SSSR count). The Morgan fingerprint density at radius 3 is 2.95 bits per heavy atom. The van der Waals surface area contributed by atoms with E-state index in [9.17, 15) is 4.79 Å². The zero-order valence-electron chi connectivity index (χ0n) is 10.8. The molecule has 0 N–H and O–H groups in total. The third kappa shape index (κ3) is 2.28. The largest absolute Gasteiger partial charge is 0.469 e. The first kappa shape index (κ1) is 12.4. The van der Waals surface area contributed by atoms with Gasteiger partial charge in [-0.25, -0.2) is 0 Å². The normalized spacial score (nSPS) is 14.9. The highest BCUT2D eigenvalue weighted by atomic mass is 32.2. The molecule has 1 aliphatic heterocycles. The molecule has 0 saturated heterocycles. The van der Waals surface area contributed by atoms with Crippen molar-refractivity contribution in [1.29, 1.82) is 0 Å². The molecule has 3 nitrogen and oxygen atoms in total. The van der Waals surface area contributed by atoms with Crippen molar-refractivity contribution in [2.75, 3.05) is 17.2 Å². The molecule has 0 unspecified atom stereocenters. The number of hydrogen-bond donors (Lipinski definition) is 0. The molecule has 0 spiro atoms. The van der Waals surface area contributed by atoms with Gasteiger partial charge in [0.1, 0.15) is 5.76 Å². The van der Waals surface area contributed by atoms with Crippen molar-refractivity contribution in [3.63, 3.8) is 0 Å². The highest BCUT2D eigenvalue weighted by Crippen LogP contribution is 2.34. The van der Waals surface area contributed by atoms with Crippen LogP contribution in [-0.4, -0.2) is 18.2 Å². The van der Waals surface area contributed by atoms with Crippen LogP contribution < -0.4 is 4.90 Å². The van der Waals surface area contributed by atoms with E-state index >= 15 is 0 Å². The van der Waals surface area contributed by atoms with E-state index in [0.29, 0.717) is 11.3 Å². The molecule has 1 aromatic heterocycles. The fourth-order valence-corrected chi connectivity index (χ4v) is 3.28. The molecule has 0 bridgehead atoms. The van der Waals surface area contributed by atoms with Crippen LogP contribution in [0.3, 0.4) is 0 Å². The summed E-state index contributed by atoms with van der Waals surface area (Å²) < 4.78 is 5.24. The number of benzene rings is 1. The Labute approximate surface area is 116 Å². The molecule has 2 heterocycles. The average Bonchev–Trinajstić information content (AvgIpc) is 2.74. The second-order valence-corrected chi connectivity index (χ2v) is 5.65. The first-order valence-electron chi connectivity index (χ1n) is 6.35. The van der Waals surface area contributed by atoms with E-state index in [1.807, 2.05) is 41.8 Å². The Bertz CT molecular complexity index is 606. The zero-order chi connectivity index (χ0) is 13.2. The quantitative estimate of drug-likeness (QED) is 0.793. The predicted molar refractivity (Wildman–Crippen MR) is 76.9 cm³/mol. The summed E-state index contributed by atoms with van der Waals surface area (Å²) in [5.74, 6) is 1.76. The lowest BCUT2D eigenvalue weighted by Crippen LogP contribution is -2.31. The summed E-state index contributed by atoms with van der Waals surface area (Å²) in [5, 5.41) is 0. The molecule has 1 amide bonds. The minimum Gasteiger partial charge on any atom is -0.469 e. The van der Waals surface area contributed by atoms with E-state index in [1.54, 1.807) is 12.3 Å². The van der Waals surface area contributed by atoms with Crippen LogP contribution in [0.25, 0.3) is 0 Å². The van der Waals surface area contributed by atoms with Gasteiger partial charge in [-0.15, -0.1) is 11.8 Å². The van der Waals surface area contributed by atoms with Gasteiger partial charge in [0.05, 0.1) is 17.5 Å². The summed E-state index contributed by atoms with van der Waals surface area (Å²) in [7, 11) is 0. The van der Waals surface area contributed by atoms with Gasteiger partial charge in [-0.1, -0.05) is 12.1 Å². The monoisotopic (exact) mass is 273 g/mol. The predicted octanol–water partition coefficient (Wildman–Crippen LogP) is 3.73. The summed E-state index contributed by atoms with van der Waals surface area (Å²) in [6.45, 7) is 2.58. The Hall–Kier alpha value is -1.68. The van der Waals surface area contributed by atoms with Crippen molar-refractivity contribution in [2.24, 2.45) is 0 Å². The molecular formula is C15H15NO2S. The van der Waals surface area contributed by atoms with E-state index < -0.39 is 0 Å². The van der Waals surface area contributed by atoms with Crippen LogP contribution >= 0.6 is 11.8 Å². The molecule has 1 aromatic carbocycles. The highest BCUT2D eigenvalue weighted by Gasteiger charge is 2.24. The first-order chi connectivity index (χ1) is 9.27. The van der Waals surface area contributed by atoms with Gasteiger partial charge in [-0.3, -0.25) is 4.79 Å². The highest BCUT2D eigenvalue weighted by molar-refractivity contribution is 7.99. The van der Waals surface area contributed by atoms with Crippen molar-refractivity contribution in [3.05, 3.63) is 47.9 Å². The first-order valence-corrected chi connectivity index (χ1v) is 7.34. The lowest BCUT2D eigenvalue weighted by atomic mass is 10.2. The average molecular weight is 273 g/mol. The molecule has 98 valence electrons. The number of aryl methyl sites for hydroxylation is 1. The van der Waals surface area contributed by atoms with E-state index in [2.05, 4.69) is 6.07 Å². The number of thioether (sulfide) groups is 1. The van der Waals surface area contributed by atoms with Gasteiger partial charge in [0.15, 0.2) is 0 Å². The van der Waals surface area contributed by atoms with Crippen LogP contribution in [0.1, 0.15) is 22.5 Å². The zero-order valence-corrected chi connectivity index (χ0v) is 11.6. The van der Waals surface area contributed by atoms with E-state index in [-0.39, 0.29) is 5.91 Å². The van der Waals surface area contributed by atoms with Gasteiger partial charge >= 0.3 is 0 Å². The van der Waals surface area contributed by atoms with Crippen molar-refractivity contribution < 1.29 is 9.21 Å². The van der Waals surface area contributed by atoms with E-state index in [4.69, 9.17) is 4.42 Å². The number of furan rings is 1. The maximum absolute atomic E-state index is 12.7. The van der Waals surface area contributed by atoms with E-state index in [0.717, 1.165) is 24.4 Å². The number of hydrogen-bond acceptors (Lipinski definition) is 3. The van der Waals surface area contributed by atoms with Crippen molar-refractivity contribution in [2.45, 2.75) is 18.2 Å². The number of carbonyl (C=O) groups is 1. The number of fused-ring (bicyclic) bond motifs is 1. The third-order valence-electron chi connectivity index (χ3n) is 3.27. The SMILES string of the molecule is Cc1occc1C(=O)N1CCCSc2ccccc21. The summed E-state index contributed by atoms with van der Waals surface area (Å²) in [4.78, 5) is 15.7. The van der Waals surface area contributed by atoms with Crippen molar-refractivity contribution in [3.8, 4) is 0 Å². The molecule has 0 aliphatic carbocycles. The molecule has 1 aliphatic rings. The molecule has 0 radical (unpaired) electrons. The maximum atomic E-state index is 12.7. The molecule has 2 aromatic rings. The number of nitrogens with zero attached hydrogens (tertiary/aromatic N) is 1.